The Hall–Kier alpha value is -2.23. The van der Waals surface area contributed by atoms with Gasteiger partial charge < -0.3 is 9.47 Å². The Morgan fingerprint density at radius 3 is 2.44 bits per heavy atom. The second kappa shape index (κ2) is 8.75. The van der Waals surface area contributed by atoms with Crippen molar-refractivity contribution in [3.63, 3.8) is 0 Å². The fraction of sp³-hybridized carbons (Fsp3) is 0.278. The van der Waals surface area contributed by atoms with Crippen LogP contribution in [0.5, 0.6) is 0 Å². The molecule has 0 fully saturated rings. The van der Waals surface area contributed by atoms with E-state index in [2.05, 4.69) is 6.07 Å². The van der Waals surface area contributed by atoms with Crippen LogP contribution in [0.1, 0.15) is 19.4 Å². The zero-order chi connectivity index (χ0) is 18.4. The molecule has 0 amide bonds. The highest BCUT2D eigenvalue weighted by Gasteiger charge is 2.37. The molecule has 7 heteroatoms. The number of carbonyl (C=O) groups is 2. The SMILES string of the molecule is CCOC(=O)/C=C1/S[C@H](C(=O)OCC)C(c2ccc(Cl)cc2)=C1C#N. The highest BCUT2D eigenvalue weighted by molar-refractivity contribution is 8.05. The molecule has 0 saturated heterocycles. The number of thioether (sulfide) groups is 1. The summed E-state index contributed by atoms with van der Waals surface area (Å²) in [5.74, 6) is -1.02. The molecule has 0 spiro atoms. The Morgan fingerprint density at radius 2 is 1.88 bits per heavy atom. The Kier molecular flexibility index (Phi) is 6.68. The summed E-state index contributed by atoms with van der Waals surface area (Å²) in [6.07, 6.45) is 1.24. The van der Waals surface area contributed by atoms with E-state index in [4.69, 9.17) is 21.1 Å². The molecule has 1 aliphatic heterocycles. The number of benzene rings is 1. The van der Waals surface area contributed by atoms with Gasteiger partial charge in [-0.05, 0) is 31.5 Å². The molecule has 1 atom stereocenters. The molecular formula is C18H16ClNO4S. The van der Waals surface area contributed by atoms with E-state index in [1.54, 1.807) is 38.1 Å². The van der Waals surface area contributed by atoms with Crippen molar-refractivity contribution >= 4 is 40.9 Å². The van der Waals surface area contributed by atoms with E-state index in [-0.39, 0.29) is 18.8 Å². The summed E-state index contributed by atoms with van der Waals surface area (Å²) in [4.78, 5) is 24.5. The van der Waals surface area contributed by atoms with Gasteiger partial charge in [0.15, 0.2) is 0 Å². The number of carbonyl (C=O) groups excluding carboxylic acids is 2. The van der Waals surface area contributed by atoms with Gasteiger partial charge in [0.1, 0.15) is 11.3 Å². The Bertz CT molecular complexity index is 777. The smallest absolute Gasteiger partial charge is 0.331 e. The van der Waals surface area contributed by atoms with Crippen molar-refractivity contribution in [2.75, 3.05) is 13.2 Å². The summed E-state index contributed by atoms with van der Waals surface area (Å²) in [6.45, 7) is 3.86. The summed E-state index contributed by atoms with van der Waals surface area (Å²) in [5.41, 5.74) is 1.45. The average molecular weight is 378 g/mol. The van der Waals surface area contributed by atoms with E-state index < -0.39 is 17.2 Å². The molecule has 0 unspecified atom stereocenters. The van der Waals surface area contributed by atoms with Gasteiger partial charge in [0.25, 0.3) is 0 Å². The second-order valence-electron chi connectivity index (χ2n) is 4.92. The Balaban J connectivity index is 2.54. The molecule has 0 aliphatic carbocycles. The number of rotatable bonds is 5. The first-order chi connectivity index (χ1) is 12.0. The average Bonchev–Trinajstić information content (AvgIpc) is 2.94. The largest absolute Gasteiger partial charge is 0.465 e. The quantitative estimate of drug-likeness (QED) is 0.574. The van der Waals surface area contributed by atoms with Gasteiger partial charge in [0.2, 0.25) is 0 Å². The van der Waals surface area contributed by atoms with Crippen LogP contribution in [0.25, 0.3) is 5.57 Å². The first kappa shape index (κ1) is 19.1. The highest BCUT2D eigenvalue weighted by Crippen LogP contribution is 2.47. The maximum atomic E-state index is 12.4. The Morgan fingerprint density at radius 1 is 1.24 bits per heavy atom. The third kappa shape index (κ3) is 4.44. The molecule has 25 heavy (non-hydrogen) atoms. The molecule has 5 nitrogen and oxygen atoms in total. The normalized spacial score (nSPS) is 18.2. The van der Waals surface area contributed by atoms with Gasteiger partial charge in [-0.2, -0.15) is 5.26 Å². The van der Waals surface area contributed by atoms with Crippen LogP contribution < -0.4 is 0 Å². The lowest BCUT2D eigenvalue weighted by Crippen LogP contribution is -2.20. The van der Waals surface area contributed by atoms with Crippen molar-refractivity contribution in [1.82, 2.24) is 0 Å². The number of halogens is 1. The number of hydrogen-bond donors (Lipinski definition) is 0. The van der Waals surface area contributed by atoms with Crippen molar-refractivity contribution in [2.45, 2.75) is 19.1 Å². The zero-order valence-corrected chi connectivity index (χ0v) is 15.3. The predicted octanol–water partition coefficient (Wildman–Crippen LogP) is 3.74. The molecule has 1 aromatic carbocycles. The van der Waals surface area contributed by atoms with Crippen LogP contribution in [0.4, 0.5) is 0 Å². The molecule has 1 heterocycles. The van der Waals surface area contributed by atoms with Crippen molar-refractivity contribution in [3.05, 3.63) is 51.4 Å². The standard InChI is InChI=1S/C18H16ClNO4S/c1-3-23-15(21)9-14-13(10-20)16(11-5-7-12(19)8-6-11)17(25-14)18(22)24-4-2/h5-9,17H,3-4H2,1-2H3/b14-9+/t17-/m0/s1. The maximum Gasteiger partial charge on any atom is 0.331 e. The lowest BCUT2D eigenvalue weighted by atomic mass is 9.97. The fourth-order valence-electron chi connectivity index (χ4n) is 2.33. The third-order valence-corrected chi connectivity index (χ3v) is 4.82. The van der Waals surface area contributed by atoms with E-state index in [1.165, 1.54) is 6.08 Å². The van der Waals surface area contributed by atoms with E-state index >= 15 is 0 Å². The van der Waals surface area contributed by atoms with Gasteiger partial charge in [-0.25, -0.2) is 4.79 Å². The van der Waals surface area contributed by atoms with Gasteiger partial charge in [-0.3, -0.25) is 4.79 Å². The summed E-state index contributed by atoms with van der Waals surface area (Å²) >= 11 is 7.03. The number of nitrogens with zero attached hydrogens (tertiary/aromatic N) is 1. The summed E-state index contributed by atoms with van der Waals surface area (Å²) in [5, 5.41) is 9.42. The molecule has 130 valence electrons. The molecular weight excluding hydrogens is 362 g/mol. The minimum atomic E-state index is -0.726. The number of nitriles is 1. The molecule has 0 radical (unpaired) electrons. The summed E-state index contributed by atoms with van der Waals surface area (Å²) in [7, 11) is 0. The van der Waals surface area contributed by atoms with Crippen molar-refractivity contribution in [3.8, 4) is 6.07 Å². The van der Waals surface area contributed by atoms with E-state index in [0.29, 0.717) is 21.1 Å². The number of hydrogen-bond acceptors (Lipinski definition) is 6. The van der Waals surface area contributed by atoms with E-state index in [1.807, 2.05) is 0 Å². The van der Waals surface area contributed by atoms with E-state index in [0.717, 1.165) is 11.8 Å². The van der Waals surface area contributed by atoms with Crippen LogP contribution in [-0.4, -0.2) is 30.4 Å². The van der Waals surface area contributed by atoms with Crippen LogP contribution in [-0.2, 0) is 19.1 Å². The van der Waals surface area contributed by atoms with Crippen LogP contribution in [0.2, 0.25) is 5.02 Å². The van der Waals surface area contributed by atoms with Crippen LogP contribution in [0.15, 0.2) is 40.8 Å². The number of esters is 2. The molecule has 1 aliphatic rings. The lowest BCUT2D eigenvalue weighted by molar-refractivity contribution is -0.141. The highest BCUT2D eigenvalue weighted by atomic mass is 35.5. The molecule has 0 bridgehead atoms. The summed E-state index contributed by atoms with van der Waals surface area (Å²) in [6, 6.07) is 8.91. The fourth-order valence-corrected chi connectivity index (χ4v) is 3.68. The monoisotopic (exact) mass is 377 g/mol. The van der Waals surface area contributed by atoms with Gasteiger partial charge >= 0.3 is 11.9 Å². The van der Waals surface area contributed by atoms with Gasteiger partial charge in [0, 0.05) is 21.6 Å². The number of ether oxygens (including phenoxy) is 2. The Labute approximate surface area is 155 Å². The minimum Gasteiger partial charge on any atom is -0.465 e. The number of allylic oxidation sites excluding steroid dienone is 1. The van der Waals surface area contributed by atoms with Gasteiger partial charge in [0.05, 0.1) is 18.8 Å². The van der Waals surface area contributed by atoms with Gasteiger partial charge in [-0.1, -0.05) is 23.7 Å². The minimum absolute atomic E-state index is 0.225. The molecule has 0 saturated carbocycles. The lowest BCUT2D eigenvalue weighted by Gasteiger charge is -2.13. The topological polar surface area (TPSA) is 76.4 Å². The third-order valence-electron chi connectivity index (χ3n) is 3.33. The van der Waals surface area contributed by atoms with Gasteiger partial charge in [-0.15, -0.1) is 11.8 Å². The zero-order valence-electron chi connectivity index (χ0n) is 13.7. The maximum absolute atomic E-state index is 12.4. The van der Waals surface area contributed by atoms with E-state index in [9.17, 15) is 14.9 Å². The van der Waals surface area contributed by atoms with Crippen molar-refractivity contribution in [2.24, 2.45) is 0 Å². The first-order valence-corrected chi connectivity index (χ1v) is 8.89. The van der Waals surface area contributed by atoms with Crippen LogP contribution in [0.3, 0.4) is 0 Å². The molecule has 1 aromatic rings. The second-order valence-corrected chi connectivity index (χ2v) is 6.50. The summed E-state index contributed by atoms with van der Waals surface area (Å²) < 4.78 is 10.0. The predicted molar refractivity (Wildman–Crippen MR) is 96.7 cm³/mol. The van der Waals surface area contributed by atoms with Crippen LogP contribution in [0, 0.1) is 11.3 Å². The van der Waals surface area contributed by atoms with Crippen molar-refractivity contribution < 1.29 is 19.1 Å². The molecule has 0 N–H and O–H groups in total. The molecule has 0 aromatic heterocycles. The van der Waals surface area contributed by atoms with Crippen LogP contribution >= 0.6 is 23.4 Å². The molecule has 2 rings (SSSR count). The van der Waals surface area contributed by atoms with Crippen molar-refractivity contribution in [1.29, 1.82) is 5.26 Å². The first-order valence-electron chi connectivity index (χ1n) is 7.64.